The highest BCUT2D eigenvalue weighted by molar-refractivity contribution is 9.10. The molecule has 98 valence electrons. The van der Waals surface area contributed by atoms with Crippen molar-refractivity contribution in [3.05, 3.63) is 28.5 Å². The first-order chi connectivity index (χ1) is 8.24. The summed E-state index contributed by atoms with van der Waals surface area (Å²) in [5.74, 6) is -1.81. The van der Waals surface area contributed by atoms with Gasteiger partial charge in [-0.05, 0) is 41.9 Å². The number of para-hydroxylation sites is 1. The lowest BCUT2D eigenvalue weighted by atomic mass is 10.1. The number of aliphatic carboxylic acids is 1. The average molecular weight is 319 g/mol. The van der Waals surface area contributed by atoms with Crippen LogP contribution in [-0.2, 0) is 4.79 Å². The van der Waals surface area contributed by atoms with E-state index in [2.05, 4.69) is 26.6 Å². The minimum absolute atomic E-state index is 0.0452. The first-order valence-corrected chi connectivity index (χ1v) is 5.80. The largest absolute Gasteiger partial charge is 0.480 e. The van der Waals surface area contributed by atoms with Crippen LogP contribution in [0.2, 0.25) is 0 Å². The summed E-state index contributed by atoms with van der Waals surface area (Å²) in [4.78, 5) is 22.4. The number of carbonyl (C=O) groups is 2. The lowest BCUT2D eigenvalue weighted by molar-refractivity contribution is -0.142. The van der Waals surface area contributed by atoms with Crippen LogP contribution in [0.5, 0.6) is 0 Å². The van der Waals surface area contributed by atoms with Crippen molar-refractivity contribution < 1.29 is 19.1 Å². The predicted molar refractivity (Wildman–Crippen MR) is 68.0 cm³/mol. The highest BCUT2D eigenvalue weighted by Crippen LogP contribution is 2.25. The Kier molecular flexibility index (Phi) is 4.28. The van der Waals surface area contributed by atoms with Gasteiger partial charge in [0.15, 0.2) is 0 Å². The fourth-order valence-electron chi connectivity index (χ4n) is 1.10. The van der Waals surface area contributed by atoms with Crippen LogP contribution in [0.15, 0.2) is 22.7 Å². The van der Waals surface area contributed by atoms with Gasteiger partial charge in [-0.3, -0.25) is 0 Å². The summed E-state index contributed by atoms with van der Waals surface area (Å²) in [5, 5.41) is 13.3. The van der Waals surface area contributed by atoms with E-state index in [0.717, 1.165) is 0 Å². The summed E-state index contributed by atoms with van der Waals surface area (Å²) < 4.78 is 13.8. The average Bonchev–Trinajstić information content (AvgIpc) is 2.22. The first kappa shape index (κ1) is 14.4. The third kappa shape index (κ3) is 3.43. The molecule has 0 aliphatic heterocycles. The second-order valence-electron chi connectivity index (χ2n) is 4.11. The number of carboxylic acids is 1. The molecule has 0 aromatic heterocycles. The van der Waals surface area contributed by atoms with Gasteiger partial charge in [0.25, 0.3) is 0 Å². The lowest BCUT2D eigenvalue weighted by Gasteiger charge is -2.21. The number of nitrogens with one attached hydrogen (secondary N) is 2. The molecule has 1 rings (SSSR count). The summed E-state index contributed by atoms with van der Waals surface area (Å²) in [7, 11) is 0. The van der Waals surface area contributed by atoms with Crippen LogP contribution >= 0.6 is 15.9 Å². The van der Waals surface area contributed by atoms with Crippen LogP contribution < -0.4 is 10.6 Å². The van der Waals surface area contributed by atoms with Gasteiger partial charge in [0.2, 0.25) is 0 Å². The van der Waals surface area contributed by atoms with Gasteiger partial charge in [0.1, 0.15) is 11.4 Å². The first-order valence-electron chi connectivity index (χ1n) is 5.00. The number of urea groups is 1. The van der Waals surface area contributed by atoms with Crippen LogP contribution in [0.3, 0.4) is 0 Å². The van der Waals surface area contributed by atoms with E-state index in [1.165, 1.54) is 26.0 Å². The summed E-state index contributed by atoms with van der Waals surface area (Å²) in [5.41, 5.74) is -1.49. The fraction of sp³-hybridized carbons (Fsp3) is 0.273. The number of amides is 2. The molecular weight excluding hydrogens is 307 g/mol. The highest BCUT2D eigenvalue weighted by Gasteiger charge is 2.29. The summed E-state index contributed by atoms with van der Waals surface area (Å²) in [6.07, 6.45) is 0. The summed E-state index contributed by atoms with van der Waals surface area (Å²) in [6.45, 7) is 2.65. The van der Waals surface area contributed by atoms with E-state index in [0.29, 0.717) is 4.47 Å². The number of hydrogen-bond donors (Lipinski definition) is 3. The van der Waals surface area contributed by atoms with E-state index in [4.69, 9.17) is 5.11 Å². The smallest absolute Gasteiger partial charge is 0.328 e. The molecule has 0 aliphatic rings. The van der Waals surface area contributed by atoms with Crippen molar-refractivity contribution in [3.63, 3.8) is 0 Å². The van der Waals surface area contributed by atoms with E-state index in [1.807, 2.05) is 0 Å². The van der Waals surface area contributed by atoms with E-state index in [1.54, 1.807) is 6.07 Å². The topological polar surface area (TPSA) is 78.4 Å². The van der Waals surface area contributed by atoms with Crippen molar-refractivity contribution in [1.82, 2.24) is 5.32 Å². The van der Waals surface area contributed by atoms with Crippen molar-refractivity contribution in [3.8, 4) is 0 Å². The van der Waals surface area contributed by atoms with Crippen LogP contribution in [0.1, 0.15) is 13.8 Å². The Balaban J connectivity index is 2.80. The molecule has 5 nitrogen and oxygen atoms in total. The van der Waals surface area contributed by atoms with Crippen molar-refractivity contribution in [2.24, 2.45) is 0 Å². The molecule has 0 heterocycles. The monoisotopic (exact) mass is 318 g/mol. The van der Waals surface area contributed by atoms with Crippen molar-refractivity contribution in [2.75, 3.05) is 5.32 Å². The van der Waals surface area contributed by atoms with Gasteiger partial charge < -0.3 is 15.7 Å². The molecule has 0 saturated carbocycles. The van der Waals surface area contributed by atoms with Gasteiger partial charge in [-0.1, -0.05) is 6.07 Å². The van der Waals surface area contributed by atoms with Crippen LogP contribution in [0.25, 0.3) is 0 Å². The molecule has 0 radical (unpaired) electrons. The zero-order valence-corrected chi connectivity index (χ0v) is 11.3. The molecule has 0 saturated heterocycles. The predicted octanol–water partition coefficient (Wildman–Crippen LogP) is 2.57. The Morgan fingerprint density at radius 1 is 1.39 bits per heavy atom. The Bertz CT molecular complexity index is 471. The normalized spacial score (nSPS) is 10.9. The van der Waals surface area contributed by atoms with Gasteiger partial charge in [-0.2, -0.15) is 0 Å². The number of carbonyl (C=O) groups excluding carboxylic acids is 1. The second-order valence-corrected chi connectivity index (χ2v) is 4.96. The fourth-order valence-corrected chi connectivity index (χ4v) is 1.54. The third-order valence-corrected chi connectivity index (χ3v) is 2.82. The number of benzene rings is 1. The van der Waals surface area contributed by atoms with Gasteiger partial charge in [-0.25, -0.2) is 14.0 Å². The maximum absolute atomic E-state index is 13.4. The summed E-state index contributed by atoms with van der Waals surface area (Å²) in [6, 6.07) is 3.42. The zero-order chi connectivity index (χ0) is 13.9. The number of anilines is 1. The van der Waals surface area contributed by atoms with Crippen molar-refractivity contribution >= 4 is 33.6 Å². The summed E-state index contributed by atoms with van der Waals surface area (Å²) >= 11 is 3.09. The quantitative estimate of drug-likeness (QED) is 0.801. The molecule has 2 amide bonds. The molecule has 1 aromatic carbocycles. The minimum Gasteiger partial charge on any atom is -0.480 e. The molecule has 7 heteroatoms. The van der Waals surface area contributed by atoms with E-state index >= 15 is 0 Å². The van der Waals surface area contributed by atoms with Crippen LogP contribution in [0, 0.1) is 5.82 Å². The Morgan fingerprint density at radius 2 is 2.00 bits per heavy atom. The van der Waals surface area contributed by atoms with E-state index in [9.17, 15) is 14.0 Å². The van der Waals surface area contributed by atoms with Crippen LogP contribution in [-0.4, -0.2) is 22.6 Å². The second kappa shape index (κ2) is 5.34. The Labute approximate surface area is 112 Å². The molecule has 0 unspecified atom stereocenters. The molecule has 0 fully saturated rings. The van der Waals surface area contributed by atoms with Gasteiger partial charge >= 0.3 is 12.0 Å². The third-order valence-electron chi connectivity index (χ3n) is 2.16. The standard InChI is InChI=1S/C11H12BrFN2O3/c1-11(2,9(16)17)15-10(18)14-8-6(12)4-3-5-7(8)13/h3-5H,1-2H3,(H,16,17)(H2,14,15,18). The number of hydrogen-bond acceptors (Lipinski definition) is 2. The Morgan fingerprint density at radius 3 is 2.50 bits per heavy atom. The van der Waals surface area contributed by atoms with Gasteiger partial charge in [-0.15, -0.1) is 0 Å². The van der Waals surface area contributed by atoms with Crippen molar-refractivity contribution in [2.45, 2.75) is 19.4 Å². The molecule has 0 atom stereocenters. The molecule has 0 spiro atoms. The Hall–Kier alpha value is -1.63. The maximum Gasteiger partial charge on any atom is 0.328 e. The minimum atomic E-state index is -1.44. The number of rotatable bonds is 3. The van der Waals surface area contributed by atoms with E-state index in [-0.39, 0.29) is 5.69 Å². The molecule has 3 N–H and O–H groups in total. The molecular formula is C11H12BrFN2O3. The molecule has 0 bridgehead atoms. The zero-order valence-electron chi connectivity index (χ0n) is 9.75. The van der Waals surface area contributed by atoms with Gasteiger partial charge in [0.05, 0.1) is 5.69 Å². The number of halogens is 2. The van der Waals surface area contributed by atoms with Crippen molar-refractivity contribution in [1.29, 1.82) is 0 Å². The lowest BCUT2D eigenvalue weighted by Crippen LogP contribution is -2.51. The van der Waals surface area contributed by atoms with Gasteiger partial charge in [0, 0.05) is 4.47 Å². The molecule has 1 aromatic rings. The molecule has 18 heavy (non-hydrogen) atoms. The SMILES string of the molecule is CC(C)(NC(=O)Nc1c(F)cccc1Br)C(=O)O. The molecule has 0 aliphatic carbocycles. The highest BCUT2D eigenvalue weighted by atomic mass is 79.9. The van der Waals surface area contributed by atoms with Crippen LogP contribution in [0.4, 0.5) is 14.9 Å². The maximum atomic E-state index is 13.4. The van der Waals surface area contributed by atoms with E-state index < -0.39 is 23.4 Å². The number of carboxylic acid groups (broad SMARTS) is 1.